The highest BCUT2D eigenvalue weighted by Gasteiger charge is 2.03. The molecule has 0 aromatic heterocycles. The van der Waals surface area contributed by atoms with E-state index in [0.717, 1.165) is 5.56 Å². The number of carbonyl (C=O) groups is 1. The van der Waals surface area contributed by atoms with E-state index in [4.69, 9.17) is 0 Å². The van der Waals surface area contributed by atoms with Crippen molar-refractivity contribution in [2.24, 2.45) is 0 Å². The standard InChI is InChI=1S/C12H15F2NO2/c1-2-11(16)15-8-7-9-3-5-10(6-4-9)17-12(13)14/h3-6,12H,2,7-8H2,1H3,(H,15,16). The number of hydrogen-bond acceptors (Lipinski definition) is 2. The molecule has 1 aromatic carbocycles. The summed E-state index contributed by atoms with van der Waals surface area (Å²) >= 11 is 0. The Morgan fingerprint density at radius 1 is 1.35 bits per heavy atom. The molecular formula is C12H15F2NO2. The highest BCUT2D eigenvalue weighted by molar-refractivity contribution is 5.75. The zero-order valence-corrected chi connectivity index (χ0v) is 9.58. The quantitative estimate of drug-likeness (QED) is 0.833. The van der Waals surface area contributed by atoms with Crippen LogP contribution in [0.1, 0.15) is 18.9 Å². The Balaban J connectivity index is 2.37. The first-order valence-corrected chi connectivity index (χ1v) is 5.42. The maximum absolute atomic E-state index is 11.9. The second-order valence-corrected chi connectivity index (χ2v) is 3.48. The first kappa shape index (κ1) is 13.4. The average Bonchev–Trinajstić information content (AvgIpc) is 2.30. The zero-order valence-electron chi connectivity index (χ0n) is 9.58. The number of alkyl halides is 2. The van der Waals surface area contributed by atoms with Gasteiger partial charge in [0.2, 0.25) is 5.91 Å². The Labute approximate surface area is 98.8 Å². The van der Waals surface area contributed by atoms with Gasteiger partial charge >= 0.3 is 6.61 Å². The summed E-state index contributed by atoms with van der Waals surface area (Å²) in [5.41, 5.74) is 0.961. The SMILES string of the molecule is CCC(=O)NCCc1ccc(OC(F)F)cc1. The molecule has 0 unspecified atom stereocenters. The first-order chi connectivity index (χ1) is 8.11. The third-order valence-corrected chi connectivity index (χ3v) is 2.21. The highest BCUT2D eigenvalue weighted by atomic mass is 19.3. The van der Waals surface area contributed by atoms with Gasteiger partial charge in [0.25, 0.3) is 0 Å². The van der Waals surface area contributed by atoms with Crippen molar-refractivity contribution in [2.75, 3.05) is 6.54 Å². The fourth-order valence-electron chi connectivity index (χ4n) is 1.31. The largest absolute Gasteiger partial charge is 0.435 e. The number of halogens is 2. The van der Waals surface area contributed by atoms with Gasteiger partial charge in [-0.15, -0.1) is 0 Å². The molecule has 0 bridgehead atoms. The molecule has 0 aliphatic rings. The predicted molar refractivity (Wildman–Crippen MR) is 60.1 cm³/mol. The molecule has 0 aliphatic carbocycles. The third-order valence-electron chi connectivity index (χ3n) is 2.21. The van der Waals surface area contributed by atoms with Crippen molar-refractivity contribution in [1.29, 1.82) is 0 Å². The summed E-state index contributed by atoms with van der Waals surface area (Å²) in [5.74, 6) is 0.143. The second-order valence-electron chi connectivity index (χ2n) is 3.48. The number of hydrogen-bond donors (Lipinski definition) is 1. The van der Waals surface area contributed by atoms with E-state index >= 15 is 0 Å². The lowest BCUT2D eigenvalue weighted by molar-refractivity contribution is -0.120. The minimum Gasteiger partial charge on any atom is -0.435 e. The van der Waals surface area contributed by atoms with Gasteiger partial charge in [0.15, 0.2) is 0 Å². The summed E-state index contributed by atoms with van der Waals surface area (Å²) in [4.78, 5) is 11.0. The van der Waals surface area contributed by atoms with Crippen LogP contribution in [0.5, 0.6) is 5.75 Å². The van der Waals surface area contributed by atoms with Crippen molar-refractivity contribution in [3.63, 3.8) is 0 Å². The Morgan fingerprint density at radius 2 is 2.00 bits per heavy atom. The van der Waals surface area contributed by atoms with Gasteiger partial charge in [-0.1, -0.05) is 19.1 Å². The zero-order chi connectivity index (χ0) is 12.7. The predicted octanol–water partition coefficient (Wildman–Crippen LogP) is 2.36. The summed E-state index contributed by atoms with van der Waals surface area (Å²) in [6.07, 6.45) is 1.13. The molecule has 94 valence electrons. The lowest BCUT2D eigenvalue weighted by Gasteiger charge is -2.06. The van der Waals surface area contributed by atoms with E-state index < -0.39 is 6.61 Å². The fraction of sp³-hybridized carbons (Fsp3) is 0.417. The van der Waals surface area contributed by atoms with E-state index in [1.54, 1.807) is 19.1 Å². The Kier molecular flexibility index (Phi) is 5.39. The van der Waals surface area contributed by atoms with Gasteiger partial charge in [-0.05, 0) is 24.1 Å². The number of amides is 1. The maximum Gasteiger partial charge on any atom is 0.387 e. The number of carbonyl (C=O) groups excluding carboxylic acids is 1. The Bertz CT molecular complexity index is 352. The smallest absolute Gasteiger partial charge is 0.387 e. The minimum atomic E-state index is -2.80. The molecule has 0 spiro atoms. The van der Waals surface area contributed by atoms with Crippen molar-refractivity contribution < 1.29 is 18.3 Å². The molecule has 5 heteroatoms. The summed E-state index contributed by atoms with van der Waals surface area (Å²) in [6.45, 7) is -0.474. The van der Waals surface area contributed by atoms with E-state index in [1.165, 1.54) is 12.1 Å². The normalized spacial score (nSPS) is 10.4. The molecule has 0 fully saturated rings. The van der Waals surface area contributed by atoms with Crippen LogP contribution in [0.2, 0.25) is 0 Å². The molecule has 1 N–H and O–H groups in total. The number of ether oxygens (including phenoxy) is 1. The van der Waals surface area contributed by atoms with E-state index in [1.807, 2.05) is 0 Å². The van der Waals surface area contributed by atoms with Crippen LogP contribution >= 0.6 is 0 Å². The third kappa shape index (κ3) is 5.29. The van der Waals surface area contributed by atoms with Crippen molar-refractivity contribution >= 4 is 5.91 Å². The van der Waals surface area contributed by atoms with Gasteiger partial charge in [0, 0.05) is 13.0 Å². The van der Waals surface area contributed by atoms with Crippen molar-refractivity contribution in [2.45, 2.75) is 26.4 Å². The lowest BCUT2D eigenvalue weighted by atomic mass is 10.1. The van der Waals surface area contributed by atoms with Gasteiger partial charge in [0.1, 0.15) is 5.75 Å². The Hall–Kier alpha value is -1.65. The van der Waals surface area contributed by atoms with Gasteiger partial charge in [-0.25, -0.2) is 0 Å². The van der Waals surface area contributed by atoms with E-state index in [2.05, 4.69) is 10.1 Å². The second kappa shape index (κ2) is 6.83. The van der Waals surface area contributed by atoms with Gasteiger partial charge in [-0.3, -0.25) is 4.79 Å². The number of rotatable bonds is 6. The molecule has 0 saturated heterocycles. The van der Waals surface area contributed by atoms with Gasteiger partial charge in [0.05, 0.1) is 0 Å². The number of benzene rings is 1. The van der Waals surface area contributed by atoms with Crippen LogP contribution in [-0.4, -0.2) is 19.1 Å². The van der Waals surface area contributed by atoms with Crippen molar-refractivity contribution in [3.05, 3.63) is 29.8 Å². The van der Waals surface area contributed by atoms with Crippen LogP contribution in [0.4, 0.5) is 8.78 Å². The summed E-state index contributed by atoms with van der Waals surface area (Å²) in [7, 11) is 0. The molecule has 0 atom stereocenters. The van der Waals surface area contributed by atoms with Crippen LogP contribution < -0.4 is 10.1 Å². The fourth-order valence-corrected chi connectivity index (χ4v) is 1.31. The molecule has 1 aromatic rings. The lowest BCUT2D eigenvalue weighted by Crippen LogP contribution is -2.24. The van der Waals surface area contributed by atoms with E-state index in [0.29, 0.717) is 19.4 Å². The van der Waals surface area contributed by atoms with E-state index in [-0.39, 0.29) is 11.7 Å². The van der Waals surface area contributed by atoms with Gasteiger partial charge < -0.3 is 10.1 Å². The molecule has 0 heterocycles. The van der Waals surface area contributed by atoms with Crippen LogP contribution in [0.25, 0.3) is 0 Å². The topological polar surface area (TPSA) is 38.3 Å². The van der Waals surface area contributed by atoms with Crippen LogP contribution in [-0.2, 0) is 11.2 Å². The molecule has 0 saturated carbocycles. The van der Waals surface area contributed by atoms with Gasteiger partial charge in [-0.2, -0.15) is 8.78 Å². The first-order valence-electron chi connectivity index (χ1n) is 5.42. The summed E-state index contributed by atoms with van der Waals surface area (Å²) in [5, 5.41) is 2.74. The summed E-state index contributed by atoms with van der Waals surface area (Å²) in [6, 6.07) is 6.39. The maximum atomic E-state index is 11.9. The van der Waals surface area contributed by atoms with Crippen molar-refractivity contribution in [3.8, 4) is 5.75 Å². The molecule has 0 aliphatic heterocycles. The van der Waals surface area contributed by atoms with Crippen LogP contribution in [0, 0.1) is 0 Å². The molecule has 0 radical (unpaired) electrons. The molecule has 1 amide bonds. The average molecular weight is 243 g/mol. The van der Waals surface area contributed by atoms with Crippen LogP contribution in [0.3, 0.4) is 0 Å². The molecular weight excluding hydrogens is 228 g/mol. The minimum absolute atomic E-state index is 0.00246. The molecule has 1 rings (SSSR count). The molecule has 17 heavy (non-hydrogen) atoms. The van der Waals surface area contributed by atoms with Crippen LogP contribution in [0.15, 0.2) is 24.3 Å². The highest BCUT2D eigenvalue weighted by Crippen LogP contribution is 2.14. The van der Waals surface area contributed by atoms with Crippen molar-refractivity contribution in [1.82, 2.24) is 5.32 Å². The Morgan fingerprint density at radius 3 is 2.53 bits per heavy atom. The summed E-state index contributed by atoms with van der Waals surface area (Å²) < 4.78 is 28.0. The monoisotopic (exact) mass is 243 g/mol. The molecule has 3 nitrogen and oxygen atoms in total. The van der Waals surface area contributed by atoms with E-state index in [9.17, 15) is 13.6 Å². The number of nitrogens with one attached hydrogen (secondary N) is 1.